The van der Waals surface area contributed by atoms with Gasteiger partial charge < -0.3 is 10.8 Å². The van der Waals surface area contributed by atoms with Crippen LogP contribution in [0, 0.1) is 0 Å². The van der Waals surface area contributed by atoms with Crippen LogP contribution in [0.1, 0.15) is 0 Å². The Kier molecular flexibility index (Phi) is 7.23. The molecule has 0 fully saturated rings. The van der Waals surface area contributed by atoms with Crippen LogP contribution in [-0.4, -0.2) is 43.2 Å². The lowest BCUT2D eigenvalue weighted by molar-refractivity contribution is -0.104. The minimum absolute atomic E-state index is 0.0949. The highest BCUT2D eigenvalue weighted by Gasteiger charge is 2.34. The predicted molar refractivity (Wildman–Crippen MR) is 69.3 cm³/mol. The number of aliphatic hydroxyl groups is 1. The van der Waals surface area contributed by atoms with Crippen LogP contribution in [0.3, 0.4) is 0 Å². The molecule has 0 amide bonds. The molecule has 1 aromatic heterocycles. The fraction of sp³-hybridized carbons (Fsp3) is 0.182. The number of allylic oxidation sites excluding steroid dienone is 2. The zero-order valence-electron chi connectivity index (χ0n) is 10.4. The number of aliphatic hydroxyl groups excluding tert-OH is 1. The summed E-state index contributed by atoms with van der Waals surface area (Å²) in [6.45, 7) is 0. The molecule has 1 aromatic rings. The number of aromatic nitrogens is 1. The maximum Gasteiger partial charge on any atom is 0.433 e. The fourth-order valence-corrected chi connectivity index (χ4v) is 0.956. The van der Waals surface area contributed by atoms with Crippen LogP contribution in [0.2, 0.25) is 0 Å². The number of nitrogens with zero attached hydrogens (tertiary/aromatic N) is 2. The highest BCUT2D eigenvalue weighted by Crippen LogP contribution is 2.21. The Bertz CT molecular complexity index is 499. The van der Waals surface area contributed by atoms with Crippen molar-refractivity contribution in [2.75, 3.05) is 7.11 Å². The number of aliphatic imine (C=N–C) groups is 1. The minimum atomic E-state index is -4.74. The number of carbonyl (C=O) groups is 1. The first-order valence-corrected chi connectivity index (χ1v) is 5.07. The monoisotopic (exact) mass is 285 g/mol. The van der Waals surface area contributed by atoms with Crippen molar-refractivity contribution in [1.29, 1.82) is 0 Å². The van der Waals surface area contributed by atoms with Gasteiger partial charge in [0.15, 0.2) is 12.1 Å². The van der Waals surface area contributed by atoms with Crippen molar-refractivity contribution in [1.82, 2.24) is 4.98 Å². The average molecular weight is 285 g/mol. The number of rotatable bonds is 3. The molecule has 0 atom stereocenters. The standard InChI is InChI=1S/C10H7BF3N3O.CH4O/c11-6-1-2-9(16-4-6)17-8(10(12,13)14)3-7(15)5-18;1-2/h1-5H,15H2;2H,1H3/b7-3-,17-8?;. The largest absolute Gasteiger partial charge is 0.433 e. The Morgan fingerprint density at radius 3 is 2.45 bits per heavy atom. The molecule has 0 bridgehead atoms. The quantitative estimate of drug-likeness (QED) is 0.358. The lowest BCUT2D eigenvalue weighted by Crippen LogP contribution is -2.22. The van der Waals surface area contributed by atoms with E-state index in [0.717, 1.165) is 7.11 Å². The zero-order valence-corrected chi connectivity index (χ0v) is 10.4. The Balaban J connectivity index is 0.00000172. The van der Waals surface area contributed by atoms with Gasteiger partial charge in [-0.25, -0.2) is 9.98 Å². The molecule has 106 valence electrons. The van der Waals surface area contributed by atoms with Crippen molar-refractivity contribution < 1.29 is 23.1 Å². The van der Waals surface area contributed by atoms with Gasteiger partial charge in [0.1, 0.15) is 13.6 Å². The third kappa shape index (κ3) is 6.14. The van der Waals surface area contributed by atoms with Crippen molar-refractivity contribution >= 4 is 31.1 Å². The lowest BCUT2D eigenvalue weighted by atomic mass is 9.99. The van der Waals surface area contributed by atoms with Gasteiger partial charge in [-0.05, 0) is 12.1 Å². The Labute approximate surface area is 114 Å². The first-order valence-electron chi connectivity index (χ1n) is 5.07. The normalized spacial score (nSPS) is 12.4. The lowest BCUT2D eigenvalue weighted by Gasteiger charge is -2.06. The van der Waals surface area contributed by atoms with E-state index < -0.39 is 17.6 Å². The molecule has 20 heavy (non-hydrogen) atoms. The summed E-state index contributed by atoms with van der Waals surface area (Å²) >= 11 is 0. The van der Waals surface area contributed by atoms with Gasteiger partial charge >= 0.3 is 6.18 Å². The summed E-state index contributed by atoms with van der Waals surface area (Å²) in [5.41, 5.74) is 3.42. The highest BCUT2D eigenvalue weighted by atomic mass is 19.4. The van der Waals surface area contributed by atoms with Gasteiger partial charge in [0.25, 0.3) is 0 Å². The molecule has 3 N–H and O–H groups in total. The van der Waals surface area contributed by atoms with Gasteiger partial charge in [-0.15, -0.1) is 0 Å². The van der Waals surface area contributed by atoms with Crippen LogP contribution in [0.4, 0.5) is 19.0 Å². The molecule has 1 heterocycles. The second-order valence-corrected chi connectivity index (χ2v) is 3.21. The Morgan fingerprint density at radius 1 is 1.45 bits per heavy atom. The number of aldehydes is 1. The summed E-state index contributed by atoms with van der Waals surface area (Å²) in [5.74, 6) is -0.188. The first-order chi connectivity index (χ1) is 9.32. The molecule has 0 saturated carbocycles. The summed E-state index contributed by atoms with van der Waals surface area (Å²) in [6.07, 6.45) is -3.04. The molecule has 0 spiro atoms. The predicted octanol–water partition coefficient (Wildman–Crippen LogP) is 0.160. The summed E-state index contributed by atoms with van der Waals surface area (Å²) in [5, 5.41) is 7.00. The van der Waals surface area contributed by atoms with E-state index in [9.17, 15) is 18.0 Å². The maximum absolute atomic E-state index is 12.6. The van der Waals surface area contributed by atoms with E-state index >= 15 is 0 Å². The maximum atomic E-state index is 12.6. The second kappa shape index (κ2) is 8.10. The molecule has 1 rings (SSSR count). The summed E-state index contributed by atoms with van der Waals surface area (Å²) < 4.78 is 37.7. The number of halogens is 3. The molecule has 9 heteroatoms. The topological polar surface area (TPSA) is 88.6 Å². The van der Waals surface area contributed by atoms with Crippen molar-refractivity contribution in [3.63, 3.8) is 0 Å². The van der Waals surface area contributed by atoms with Gasteiger partial charge in [0.2, 0.25) is 0 Å². The van der Waals surface area contributed by atoms with E-state index in [-0.39, 0.29) is 12.1 Å². The number of nitrogens with two attached hydrogens (primary N) is 1. The van der Waals surface area contributed by atoms with Crippen LogP contribution in [0.25, 0.3) is 0 Å². The van der Waals surface area contributed by atoms with Crippen LogP contribution >= 0.6 is 0 Å². The SMILES string of the molecule is CO.[B]c1ccc(N=C(/C=C(\N)C=O)C(F)(F)F)nc1. The van der Waals surface area contributed by atoms with Crippen LogP contribution in [0.15, 0.2) is 35.1 Å². The molecule has 0 aliphatic heterocycles. The molecule has 0 aromatic carbocycles. The third-order valence-electron chi connectivity index (χ3n) is 1.74. The smallest absolute Gasteiger partial charge is 0.400 e. The van der Waals surface area contributed by atoms with E-state index in [2.05, 4.69) is 9.98 Å². The van der Waals surface area contributed by atoms with Crippen molar-refractivity contribution in [3.05, 3.63) is 30.1 Å². The van der Waals surface area contributed by atoms with Crippen molar-refractivity contribution in [2.45, 2.75) is 6.18 Å². The Hall–Kier alpha value is -2.16. The molecule has 2 radical (unpaired) electrons. The van der Waals surface area contributed by atoms with Gasteiger partial charge in [-0.2, -0.15) is 13.2 Å². The number of pyridine rings is 1. The van der Waals surface area contributed by atoms with E-state index in [1.54, 1.807) is 0 Å². The summed E-state index contributed by atoms with van der Waals surface area (Å²) in [6, 6.07) is 2.57. The van der Waals surface area contributed by atoms with Crippen molar-refractivity contribution in [2.24, 2.45) is 10.7 Å². The van der Waals surface area contributed by atoms with Gasteiger partial charge in [-0.1, -0.05) is 11.5 Å². The molecule has 0 unspecified atom stereocenters. The van der Waals surface area contributed by atoms with E-state index in [1.807, 2.05) is 0 Å². The molecule has 0 aliphatic rings. The van der Waals surface area contributed by atoms with Gasteiger partial charge in [0, 0.05) is 13.3 Å². The van der Waals surface area contributed by atoms with E-state index in [4.69, 9.17) is 18.7 Å². The van der Waals surface area contributed by atoms with Gasteiger partial charge in [-0.3, -0.25) is 4.79 Å². The highest BCUT2D eigenvalue weighted by molar-refractivity contribution is 6.32. The summed E-state index contributed by atoms with van der Waals surface area (Å²) in [4.78, 5) is 17.1. The number of carbonyl (C=O) groups excluding carboxylic acids is 1. The summed E-state index contributed by atoms with van der Waals surface area (Å²) in [7, 11) is 6.33. The van der Waals surface area contributed by atoms with E-state index in [0.29, 0.717) is 11.5 Å². The van der Waals surface area contributed by atoms with Crippen LogP contribution in [-0.2, 0) is 4.79 Å². The molecular formula is C11H11BF3N3O2. The minimum Gasteiger partial charge on any atom is -0.400 e. The number of hydrogen-bond donors (Lipinski definition) is 2. The second-order valence-electron chi connectivity index (χ2n) is 3.21. The fourth-order valence-electron chi connectivity index (χ4n) is 0.956. The zero-order chi connectivity index (χ0) is 15.8. The number of hydrogen-bond acceptors (Lipinski definition) is 5. The molecule has 0 aliphatic carbocycles. The van der Waals surface area contributed by atoms with Gasteiger partial charge in [0.05, 0.1) is 5.70 Å². The third-order valence-corrected chi connectivity index (χ3v) is 1.74. The van der Waals surface area contributed by atoms with Crippen molar-refractivity contribution in [3.8, 4) is 0 Å². The molecular weight excluding hydrogens is 274 g/mol. The Morgan fingerprint density at radius 2 is 2.05 bits per heavy atom. The molecule has 0 saturated heterocycles. The van der Waals surface area contributed by atoms with E-state index in [1.165, 1.54) is 18.3 Å². The van der Waals surface area contributed by atoms with Crippen LogP contribution < -0.4 is 11.2 Å². The first kappa shape index (κ1) is 17.8. The molecule has 5 nitrogen and oxygen atoms in total. The average Bonchev–Trinajstić information content (AvgIpc) is 2.41. The van der Waals surface area contributed by atoms with Crippen LogP contribution in [0.5, 0.6) is 0 Å². The number of alkyl halides is 3.